The second kappa shape index (κ2) is 6.30. The van der Waals surface area contributed by atoms with Crippen molar-refractivity contribution in [3.8, 4) is 0 Å². The molecule has 5 heteroatoms. The van der Waals surface area contributed by atoms with E-state index in [1.807, 2.05) is 12.3 Å². The number of H-pyrrole nitrogens is 1. The lowest BCUT2D eigenvalue weighted by Crippen LogP contribution is -2.24. The van der Waals surface area contributed by atoms with Crippen LogP contribution in [-0.2, 0) is 6.54 Å². The second-order valence-electron chi connectivity index (χ2n) is 4.79. The largest absolute Gasteiger partial charge is 0.329 e. The Morgan fingerprint density at radius 2 is 2.11 bits per heavy atom. The molecule has 19 heavy (non-hydrogen) atoms. The third-order valence-corrected chi connectivity index (χ3v) is 3.94. The molecule has 0 atom stereocenters. The maximum Gasteiger partial charge on any atom is 0.179 e. The summed E-state index contributed by atoms with van der Waals surface area (Å²) in [6.45, 7) is 10.7. The van der Waals surface area contributed by atoms with Crippen LogP contribution in [0.2, 0.25) is 0 Å². The molecule has 0 aliphatic rings. The van der Waals surface area contributed by atoms with Gasteiger partial charge in [0.2, 0.25) is 0 Å². The van der Waals surface area contributed by atoms with Crippen molar-refractivity contribution in [2.75, 3.05) is 19.6 Å². The Morgan fingerprint density at radius 3 is 2.79 bits per heavy atom. The fourth-order valence-electron chi connectivity index (χ4n) is 2.37. The predicted octanol–water partition coefficient (Wildman–Crippen LogP) is 3.13. The Morgan fingerprint density at radius 1 is 1.37 bits per heavy atom. The molecular weight excluding hydrogens is 256 g/mol. The quantitative estimate of drug-likeness (QED) is 0.825. The number of fused-ring (bicyclic) bond motifs is 1. The molecule has 0 aliphatic heterocycles. The molecule has 0 fully saturated rings. The molecule has 0 bridgehead atoms. The van der Waals surface area contributed by atoms with Crippen molar-refractivity contribution >= 4 is 23.4 Å². The van der Waals surface area contributed by atoms with E-state index in [2.05, 4.69) is 40.2 Å². The third-order valence-electron chi connectivity index (χ3n) is 3.62. The van der Waals surface area contributed by atoms with Gasteiger partial charge in [0.05, 0.1) is 5.52 Å². The number of imidazole rings is 1. The van der Waals surface area contributed by atoms with Crippen molar-refractivity contribution in [3.05, 3.63) is 22.6 Å². The van der Waals surface area contributed by atoms with E-state index >= 15 is 0 Å². The van der Waals surface area contributed by atoms with Crippen molar-refractivity contribution < 1.29 is 0 Å². The first-order chi connectivity index (χ1) is 9.17. The molecule has 1 N–H and O–H groups in total. The summed E-state index contributed by atoms with van der Waals surface area (Å²) in [5.74, 6) is 0. The van der Waals surface area contributed by atoms with E-state index in [0.717, 1.165) is 48.5 Å². The van der Waals surface area contributed by atoms with E-state index < -0.39 is 0 Å². The van der Waals surface area contributed by atoms with Gasteiger partial charge in [-0.05, 0) is 56.8 Å². The molecule has 0 saturated heterocycles. The van der Waals surface area contributed by atoms with Gasteiger partial charge in [0.25, 0.3) is 0 Å². The minimum atomic E-state index is 0.774. The average molecular weight is 278 g/mol. The van der Waals surface area contributed by atoms with E-state index in [-0.39, 0.29) is 0 Å². The lowest BCUT2D eigenvalue weighted by molar-refractivity contribution is 0.293. The van der Waals surface area contributed by atoms with E-state index in [1.54, 1.807) is 0 Å². The monoisotopic (exact) mass is 278 g/mol. The van der Waals surface area contributed by atoms with Gasteiger partial charge in [-0.3, -0.25) is 0 Å². The Hall–Kier alpha value is -1.20. The van der Waals surface area contributed by atoms with Gasteiger partial charge in [0.15, 0.2) is 10.4 Å². The molecule has 0 amide bonds. The number of aryl methyl sites for hydroxylation is 2. The van der Waals surface area contributed by atoms with Gasteiger partial charge in [0, 0.05) is 12.7 Å². The van der Waals surface area contributed by atoms with Gasteiger partial charge in [-0.1, -0.05) is 13.8 Å². The zero-order valence-corrected chi connectivity index (χ0v) is 12.8. The molecule has 0 spiro atoms. The van der Waals surface area contributed by atoms with Crippen molar-refractivity contribution in [2.24, 2.45) is 0 Å². The summed E-state index contributed by atoms with van der Waals surface area (Å²) in [6.07, 6.45) is 2.94. The predicted molar refractivity (Wildman–Crippen MR) is 82.1 cm³/mol. The van der Waals surface area contributed by atoms with Crippen molar-refractivity contribution in [1.29, 1.82) is 0 Å². The number of hydrogen-bond donors (Lipinski definition) is 1. The Labute approximate surface area is 119 Å². The number of nitrogens with zero attached hydrogens (tertiary/aromatic N) is 3. The highest BCUT2D eigenvalue weighted by molar-refractivity contribution is 7.71. The molecular formula is C14H22N4S. The first-order valence-corrected chi connectivity index (χ1v) is 7.34. The smallest absolute Gasteiger partial charge is 0.179 e. The van der Waals surface area contributed by atoms with Crippen LogP contribution in [-0.4, -0.2) is 39.1 Å². The molecule has 2 aromatic rings. The number of pyridine rings is 1. The summed E-state index contributed by atoms with van der Waals surface area (Å²) in [7, 11) is 0. The fraction of sp³-hybridized carbons (Fsp3) is 0.571. The highest BCUT2D eigenvalue weighted by Gasteiger charge is 2.07. The van der Waals surface area contributed by atoms with E-state index in [4.69, 9.17) is 12.2 Å². The van der Waals surface area contributed by atoms with Crippen LogP contribution in [0.5, 0.6) is 0 Å². The van der Waals surface area contributed by atoms with Gasteiger partial charge < -0.3 is 14.5 Å². The second-order valence-corrected chi connectivity index (χ2v) is 5.18. The van der Waals surface area contributed by atoms with Crippen LogP contribution in [0.15, 0.2) is 12.3 Å². The maximum absolute atomic E-state index is 5.40. The molecule has 0 saturated carbocycles. The number of rotatable bonds is 6. The Bertz CT molecular complexity index is 595. The fourth-order valence-corrected chi connectivity index (χ4v) is 2.65. The van der Waals surface area contributed by atoms with Crippen LogP contribution in [0.1, 0.15) is 25.8 Å². The number of hydrogen-bond acceptors (Lipinski definition) is 3. The lowest BCUT2D eigenvalue weighted by Gasteiger charge is -2.17. The standard InChI is InChI=1S/C14H22N4S/c1-4-17(5-2)9-6-10-18-13-12(16-14(18)19)11(3)7-8-15-13/h7-8H,4-6,9-10H2,1-3H3,(H,16,19). The van der Waals surface area contributed by atoms with E-state index in [1.165, 1.54) is 5.56 Å². The van der Waals surface area contributed by atoms with Crippen LogP contribution in [0.25, 0.3) is 11.2 Å². The number of nitrogens with one attached hydrogen (secondary N) is 1. The molecule has 0 unspecified atom stereocenters. The van der Waals surface area contributed by atoms with Gasteiger partial charge >= 0.3 is 0 Å². The Kier molecular flexibility index (Phi) is 4.71. The number of aromatic amines is 1. The zero-order valence-electron chi connectivity index (χ0n) is 11.9. The first-order valence-electron chi connectivity index (χ1n) is 6.93. The third kappa shape index (κ3) is 3.04. The first kappa shape index (κ1) is 14.2. The molecule has 2 heterocycles. The highest BCUT2D eigenvalue weighted by Crippen LogP contribution is 2.15. The molecule has 0 aliphatic carbocycles. The molecule has 2 aromatic heterocycles. The normalized spacial score (nSPS) is 11.6. The van der Waals surface area contributed by atoms with Crippen LogP contribution in [0.3, 0.4) is 0 Å². The van der Waals surface area contributed by atoms with Gasteiger partial charge in [-0.2, -0.15) is 0 Å². The van der Waals surface area contributed by atoms with Crippen LogP contribution in [0, 0.1) is 11.7 Å². The SMILES string of the molecule is CCN(CC)CCCn1c(=S)[nH]c2c(C)ccnc21. The maximum atomic E-state index is 5.40. The van der Waals surface area contributed by atoms with E-state index in [9.17, 15) is 0 Å². The van der Waals surface area contributed by atoms with Crippen LogP contribution in [0.4, 0.5) is 0 Å². The van der Waals surface area contributed by atoms with Crippen LogP contribution >= 0.6 is 12.2 Å². The van der Waals surface area contributed by atoms with E-state index in [0.29, 0.717) is 0 Å². The zero-order chi connectivity index (χ0) is 13.8. The van der Waals surface area contributed by atoms with Gasteiger partial charge in [0.1, 0.15) is 0 Å². The molecule has 0 radical (unpaired) electrons. The topological polar surface area (TPSA) is 36.9 Å². The number of aromatic nitrogens is 3. The Balaban J connectivity index is 2.15. The van der Waals surface area contributed by atoms with Crippen molar-refractivity contribution in [1.82, 2.24) is 19.4 Å². The average Bonchev–Trinajstić information content (AvgIpc) is 2.73. The minimum absolute atomic E-state index is 0.774. The molecule has 0 aromatic carbocycles. The molecule has 104 valence electrons. The van der Waals surface area contributed by atoms with Gasteiger partial charge in [-0.15, -0.1) is 0 Å². The lowest BCUT2D eigenvalue weighted by atomic mass is 10.3. The highest BCUT2D eigenvalue weighted by atomic mass is 32.1. The molecule has 4 nitrogen and oxygen atoms in total. The summed E-state index contributed by atoms with van der Waals surface area (Å²) < 4.78 is 2.89. The van der Waals surface area contributed by atoms with Gasteiger partial charge in [-0.25, -0.2) is 4.98 Å². The van der Waals surface area contributed by atoms with Crippen molar-refractivity contribution in [3.63, 3.8) is 0 Å². The summed E-state index contributed by atoms with van der Waals surface area (Å²) >= 11 is 5.40. The molecule has 2 rings (SSSR count). The summed E-state index contributed by atoms with van der Waals surface area (Å²) in [5, 5.41) is 0. The van der Waals surface area contributed by atoms with Crippen LogP contribution < -0.4 is 0 Å². The summed E-state index contributed by atoms with van der Waals surface area (Å²) in [6, 6.07) is 2.01. The van der Waals surface area contributed by atoms with Crippen molar-refractivity contribution in [2.45, 2.75) is 33.7 Å². The summed E-state index contributed by atoms with van der Waals surface area (Å²) in [5.41, 5.74) is 3.23. The summed E-state index contributed by atoms with van der Waals surface area (Å²) in [4.78, 5) is 10.1. The minimum Gasteiger partial charge on any atom is -0.329 e.